The topological polar surface area (TPSA) is 71.2 Å². The third kappa shape index (κ3) is 3.80. The fraction of sp³-hybridized carbons (Fsp3) is 0.444. The van der Waals surface area contributed by atoms with E-state index in [9.17, 15) is 9.59 Å². The van der Waals surface area contributed by atoms with Crippen molar-refractivity contribution in [2.24, 2.45) is 0 Å². The molecule has 1 atom stereocenters. The van der Waals surface area contributed by atoms with Gasteiger partial charge >= 0.3 is 5.97 Å². The molecular formula is C18H21BrN2O3. The Bertz CT molecular complexity index is 750. The van der Waals surface area contributed by atoms with Crippen molar-refractivity contribution in [3.8, 4) is 0 Å². The maximum absolute atomic E-state index is 12.4. The van der Waals surface area contributed by atoms with Crippen LogP contribution in [0.4, 0.5) is 0 Å². The number of amides is 1. The normalized spacial score (nSPS) is 16.8. The second-order valence-electron chi connectivity index (χ2n) is 6.28. The molecule has 0 saturated heterocycles. The Hall–Kier alpha value is -1.82. The minimum absolute atomic E-state index is 0.205. The molecule has 0 aliphatic heterocycles. The number of hydrogen-bond donors (Lipinski definition) is 2. The van der Waals surface area contributed by atoms with E-state index in [1.54, 1.807) is 13.1 Å². The summed E-state index contributed by atoms with van der Waals surface area (Å²) in [5.41, 5.74) is 1.29. The van der Waals surface area contributed by atoms with Crippen LogP contribution >= 0.6 is 15.9 Å². The van der Waals surface area contributed by atoms with Crippen molar-refractivity contribution in [3.05, 3.63) is 34.4 Å². The van der Waals surface area contributed by atoms with Crippen LogP contribution in [0.15, 0.2) is 28.9 Å². The quantitative estimate of drug-likeness (QED) is 0.774. The second kappa shape index (κ2) is 7.38. The smallest absolute Gasteiger partial charge is 0.341 e. The van der Waals surface area contributed by atoms with E-state index in [1.807, 2.05) is 18.2 Å². The number of benzene rings is 1. The van der Waals surface area contributed by atoms with Crippen LogP contribution in [-0.4, -0.2) is 29.0 Å². The highest BCUT2D eigenvalue weighted by atomic mass is 79.9. The first-order valence-electron chi connectivity index (χ1n) is 8.32. The molecule has 1 saturated carbocycles. The van der Waals surface area contributed by atoms with E-state index in [0.717, 1.165) is 41.1 Å². The Balaban J connectivity index is 1.64. The van der Waals surface area contributed by atoms with Gasteiger partial charge in [0.15, 0.2) is 6.10 Å². The number of hydrogen-bond acceptors (Lipinski definition) is 3. The average Bonchev–Trinajstić information content (AvgIpc) is 2.98. The first-order valence-corrected chi connectivity index (χ1v) is 9.12. The van der Waals surface area contributed by atoms with Gasteiger partial charge in [-0.2, -0.15) is 0 Å². The number of aromatic nitrogens is 1. The third-order valence-corrected chi connectivity index (χ3v) is 4.96. The molecule has 128 valence electrons. The number of nitrogens with one attached hydrogen (secondary N) is 2. The molecule has 2 N–H and O–H groups in total. The van der Waals surface area contributed by atoms with Gasteiger partial charge in [-0.25, -0.2) is 4.79 Å². The highest BCUT2D eigenvalue weighted by Crippen LogP contribution is 2.23. The molecule has 24 heavy (non-hydrogen) atoms. The SMILES string of the molecule is CC(OC(=O)c1c[nH]c2ccc(Br)cc12)C(=O)NC1CCCCC1. The summed E-state index contributed by atoms with van der Waals surface area (Å²) < 4.78 is 6.24. The monoisotopic (exact) mass is 392 g/mol. The van der Waals surface area contributed by atoms with Gasteiger partial charge in [0.25, 0.3) is 5.91 Å². The molecular weight excluding hydrogens is 372 g/mol. The minimum Gasteiger partial charge on any atom is -0.449 e. The lowest BCUT2D eigenvalue weighted by Gasteiger charge is -2.24. The summed E-state index contributed by atoms with van der Waals surface area (Å²) in [6.07, 6.45) is 6.33. The van der Waals surface area contributed by atoms with Gasteiger partial charge in [0.05, 0.1) is 5.56 Å². The first kappa shape index (κ1) is 17.0. The summed E-state index contributed by atoms with van der Waals surface area (Å²) >= 11 is 3.40. The molecule has 0 bridgehead atoms. The summed E-state index contributed by atoms with van der Waals surface area (Å²) in [7, 11) is 0. The van der Waals surface area contributed by atoms with Crippen LogP contribution in [0.1, 0.15) is 49.4 Å². The Morgan fingerprint density at radius 3 is 2.79 bits per heavy atom. The maximum atomic E-state index is 12.4. The van der Waals surface area contributed by atoms with E-state index < -0.39 is 12.1 Å². The van der Waals surface area contributed by atoms with Crippen molar-refractivity contribution in [2.45, 2.75) is 51.2 Å². The Morgan fingerprint density at radius 2 is 2.04 bits per heavy atom. The predicted molar refractivity (Wildman–Crippen MR) is 95.9 cm³/mol. The van der Waals surface area contributed by atoms with Gasteiger partial charge in [-0.15, -0.1) is 0 Å². The van der Waals surface area contributed by atoms with E-state index in [0.29, 0.717) is 5.56 Å². The third-order valence-electron chi connectivity index (χ3n) is 4.47. The fourth-order valence-corrected chi connectivity index (χ4v) is 3.47. The number of H-pyrrole nitrogens is 1. The van der Waals surface area contributed by atoms with Gasteiger partial charge in [-0.1, -0.05) is 35.2 Å². The zero-order chi connectivity index (χ0) is 17.1. The number of ether oxygens (including phenoxy) is 1. The molecule has 5 nitrogen and oxygen atoms in total. The lowest BCUT2D eigenvalue weighted by Crippen LogP contribution is -2.42. The molecule has 1 unspecified atom stereocenters. The first-order chi connectivity index (χ1) is 11.5. The van der Waals surface area contributed by atoms with Crippen LogP contribution in [0.5, 0.6) is 0 Å². The number of esters is 1. The Kier molecular flexibility index (Phi) is 5.23. The Labute approximate surface area is 149 Å². The minimum atomic E-state index is -0.809. The number of aromatic amines is 1. The van der Waals surface area contributed by atoms with Crippen molar-refractivity contribution < 1.29 is 14.3 Å². The maximum Gasteiger partial charge on any atom is 0.341 e. The molecule has 1 aromatic carbocycles. The molecule has 0 radical (unpaired) electrons. The van der Waals surface area contributed by atoms with Gasteiger partial charge in [-0.05, 0) is 38.0 Å². The average molecular weight is 393 g/mol. The summed E-state index contributed by atoms with van der Waals surface area (Å²) in [5.74, 6) is -0.720. The molecule has 2 aromatic rings. The van der Waals surface area contributed by atoms with E-state index in [2.05, 4.69) is 26.2 Å². The van der Waals surface area contributed by atoms with Crippen LogP contribution in [0.3, 0.4) is 0 Å². The molecule has 1 amide bonds. The highest BCUT2D eigenvalue weighted by Gasteiger charge is 2.24. The molecule has 0 spiro atoms. The number of fused-ring (bicyclic) bond motifs is 1. The van der Waals surface area contributed by atoms with E-state index >= 15 is 0 Å². The van der Waals surface area contributed by atoms with Crippen LogP contribution in [0.2, 0.25) is 0 Å². The lowest BCUT2D eigenvalue weighted by atomic mass is 9.95. The van der Waals surface area contributed by atoms with Gasteiger partial charge in [0.2, 0.25) is 0 Å². The van der Waals surface area contributed by atoms with Gasteiger partial charge < -0.3 is 15.0 Å². The largest absolute Gasteiger partial charge is 0.449 e. The van der Waals surface area contributed by atoms with Crippen LogP contribution in [0.25, 0.3) is 10.9 Å². The molecule has 3 rings (SSSR count). The number of carbonyl (C=O) groups is 2. The molecule has 6 heteroatoms. The summed E-state index contributed by atoms with van der Waals surface area (Å²) in [4.78, 5) is 27.7. The molecule has 1 heterocycles. The molecule has 1 aliphatic carbocycles. The van der Waals surface area contributed by atoms with Crippen molar-refractivity contribution in [1.29, 1.82) is 0 Å². The van der Waals surface area contributed by atoms with Crippen molar-refractivity contribution in [2.75, 3.05) is 0 Å². The van der Waals surface area contributed by atoms with Crippen molar-refractivity contribution in [3.63, 3.8) is 0 Å². The van der Waals surface area contributed by atoms with Crippen LogP contribution < -0.4 is 5.32 Å². The van der Waals surface area contributed by atoms with Gasteiger partial charge in [0, 0.05) is 27.6 Å². The van der Waals surface area contributed by atoms with E-state index in [-0.39, 0.29) is 11.9 Å². The van der Waals surface area contributed by atoms with Crippen molar-refractivity contribution in [1.82, 2.24) is 10.3 Å². The Morgan fingerprint density at radius 1 is 1.29 bits per heavy atom. The summed E-state index contributed by atoms with van der Waals surface area (Å²) in [5, 5.41) is 3.76. The highest BCUT2D eigenvalue weighted by molar-refractivity contribution is 9.10. The zero-order valence-electron chi connectivity index (χ0n) is 13.6. The van der Waals surface area contributed by atoms with Crippen LogP contribution in [-0.2, 0) is 9.53 Å². The van der Waals surface area contributed by atoms with Crippen LogP contribution in [0, 0.1) is 0 Å². The number of carbonyl (C=O) groups excluding carboxylic acids is 2. The van der Waals surface area contributed by atoms with E-state index in [1.165, 1.54) is 6.42 Å². The molecule has 1 aliphatic rings. The summed E-state index contributed by atoms with van der Waals surface area (Å²) in [6.45, 7) is 1.61. The summed E-state index contributed by atoms with van der Waals surface area (Å²) in [6, 6.07) is 5.84. The zero-order valence-corrected chi connectivity index (χ0v) is 15.2. The fourth-order valence-electron chi connectivity index (χ4n) is 3.10. The number of rotatable bonds is 4. The standard InChI is InChI=1S/C18H21BrN2O3/c1-11(17(22)21-13-5-3-2-4-6-13)24-18(23)15-10-20-16-8-7-12(19)9-14(15)16/h7-11,13,20H,2-6H2,1H3,(H,21,22). The van der Waals surface area contributed by atoms with Gasteiger partial charge in [-0.3, -0.25) is 4.79 Å². The van der Waals surface area contributed by atoms with Gasteiger partial charge in [0.1, 0.15) is 0 Å². The van der Waals surface area contributed by atoms with Crippen molar-refractivity contribution >= 4 is 38.7 Å². The predicted octanol–water partition coefficient (Wildman–Crippen LogP) is 3.92. The molecule has 1 aromatic heterocycles. The lowest BCUT2D eigenvalue weighted by molar-refractivity contribution is -0.130. The second-order valence-corrected chi connectivity index (χ2v) is 7.20. The number of halogens is 1. The molecule has 1 fully saturated rings. The van der Waals surface area contributed by atoms with E-state index in [4.69, 9.17) is 4.74 Å².